The van der Waals surface area contributed by atoms with Gasteiger partial charge in [-0.15, -0.1) is 0 Å². The summed E-state index contributed by atoms with van der Waals surface area (Å²) < 4.78 is 1.48. The lowest BCUT2D eigenvalue weighted by molar-refractivity contribution is -0.386. The molecule has 1 atom stereocenters. The largest absolute Gasteiger partial charge is 0.393 e. The Bertz CT molecular complexity index is 513. The van der Waals surface area contributed by atoms with Crippen molar-refractivity contribution in [2.45, 2.75) is 52.7 Å². The summed E-state index contributed by atoms with van der Waals surface area (Å²) in [4.78, 5) is 22.1. The first-order chi connectivity index (χ1) is 9.86. The number of hydrogen-bond donors (Lipinski definition) is 2. The van der Waals surface area contributed by atoms with Crippen molar-refractivity contribution >= 4 is 11.6 Å². The van der Waals surface area contributed by atoms with Gasteiger partial charge < -0.3 is 10.4 Å². The fourth-order valence-corrected chi connectivity index (χ4v) is 2.05. The van der Waals surface area contributed by atoms with Gasteiger partial charge in [-0.3, -0.25) is 19.6 Å². The molecule has 1 rings (SSSR count). The van der Waals surface area contributed by atoms with E-state index in [-0.39, 0.29) is 18.0 Å². The van der Waals surface area contributed by atoms with Gasteiger partial charge in [0.25, 0.3) is 0 Å². The third kappa shape index (κ3) is 4.82. The summed E-state index contributed by atoms with van der Waals surface area (Å²) in [5.74, 6) is -0.159. The number of aliphatic hydroxyl groups is 1. The molecule has 0 fully saturated rings. The number of aromatic nitrogens is 2. The molecule has 0 aliphatic carbocycles. The highest BCUT2D eigenvalue weighted by Gasteiger charge is 2.21. The summed E-state index contributed by atoms with van der Waals surface area (Å²) in [6.45, 7) is 5.79. The highest BCUT2D eigenvalue weighted by Crippen LogP contribution is 2.21. The molecule has 118 valence electrons. The van der Waals surface area contributed by atoms with Gasteiger partial charge in [0.1, 0.15) is 11.4 Å². The van der Waals surface area contributed by atoms with Gasteiger partial charge >= 0.3 is 5.69 Å². The van der Waals surface area contributed by atoms with Crippen molar-refractivity contribution in [3.05, 3.63) is 21.5 Å². The van der Waals surface area contributed by atoms with Crippen LogP contribution in [-0.4, -0.2) is 38.4 Å². The molecule has 0 aromatic carbocycles. The average molecular weight is 298 g/mol. The van der Waals surface area contributed by atoms with E-state index in [0.717, 1.165) is 0 Å². The molecule has 8 heteroatoms. The number of aryl methyl sites for hydroxylation is 2. The minimum atomic E-state index is -0.458. The van der Waals surface area contributed by atoms with E-state index in [0.29, 0.717) is 37.3 Å². The lowest BCUT2D eigenvalue weighted by Crippen LogP contribution is -2.28. The van der Waals surface area contributed by atoms with E-state index in [1.165, 1.54) is 4.68 Å². The Hall–Kier alpha value is -1.96. The van der Waals surface area contributed by atoms with E-state index < -0.39 is 11.0 Å². The zero-order valence-electron chi connectivity index (χ0n) is 12.6. The number of amides is 1. The molecule has 0 spiro atoms. The Balaban J connectivity index is 2.47. The van der Waals surface area contributed by atoms with E-state index in [4.69, 9.17) is 0 Å². The molecule has 0 bridgehead atoms. The zero-order valence-corrected chi connectivity index (χ0v) is 12.6. The molecule has 0 saturated heterocycles. The molecule has 2 N–H and O–H groups in total. The van der Waals surface area contributed by atoms with Crippen molar-refractivity contribution in [3.63, 3.8) is 0 Å². The van der Waals surface area contributed by atoms with Crippen molar-refractivity contribution in [1.82, 2.24) is 15.1 Å². The fourth-order valence-electron chi connectivity index (χ4n) is 2.05. The lowest BCUT2D eigenvalue weighted by atomic mass is 10.2. The van der Waals surface area contributed by atoms with E-state index in [1.807, 2.05) is 6.92 Å². The van der Waals surface area contributed by atoms with Crippen molar-refractivity contribution < 1.29 is 14.8 Å². The maximum Gasteiger partial charge on any atom is 0.312 e. The fraction of sp³-hybridized carbons (Fsp3) is 0.692. The van der Waals surface area contributed by atoms with Gasteiger partial charge in [-0.05, 0) is 26.7 Å². The van der Waals surface area contributed by atoms with Crippen LogP contribution in [0.4, 0.5) is 5.69 Å². The number of nitro groups is 1. The van der Waals surface area contributed by atoms with Crippen LogP contribution < -0.4 is 5.32 Å². The van der Waals surface area contributed by atoms with Crippen LogP contribution in [0.2, 0.25) is 0 Å². The van der Waals surface area contributed by atoms with Crippen molar-refractivity contribution in [2.24, 2.45) is 0 Å². The number of rotatable bonds is 8. The summed E-state index contributed by atoms with van der Waals surface area (Å²) in [5.41, 5.74) is 0.803. The highest BCUT2D eigenvalue weighted by atomic mass is 16.6. The summed E-state index contributed by atoms with van der Waals surface area (Å²) in [6, 6.07) is 0. The van der Waals surface area contributed by atoms with Crippen LogP contribution in [0.1, 0.15) is 37.6 Å². The summed E-state index contributed by atoms with van der Waals surface area (Å²) in [7, 11) is 0. The Morgan fingerprint density at radius 1 is 1.52 bits per heavy atom. The second kappa shape index (κ2) is 7.72. The number of carbonyl (C=O) groups is 1. The van der Waals surface area contributed by atoms with Crippen molar-refractivity contribution in [1.29, 1.82) is 0 Å². The van der Waals surface area contributed by atoms with Gasteiger partial charge in [-0.2, -0.15) is 5.10 Å². The topological polar surface area (TPSA) is 110 Å². The number of nitrogens with zero attached hydrogens (tertiary/aromatic N) is 3. The second-order valence-electron chi connectivity index (χ2n) is 4.95. The molecule has 1 amide bonds. The standard InChI is InChI=1S/C13H22N4O4/c1-4-11(18)5-7-14-12(19)6-8-16-10(3)13(17(20)21)9(2)15-16/h11,18H,4-8H2,1-3H3,(H,14,19). The summed E-state index contributed by atoms with van der Waals surface area (Å²) >= 11 is 0. The monoisotopic (exact) mass is 298 g/mol. The molecule has 1 unspecified atom stereocenters. The van der Waals surface area contributed by atoms with Gasteiger partial charge in [0.05, 0.1) is 17.6 Å². The van der Waals surface area contributed by atoms with Crippen LogP contribution in [0.5, 0.6) is 0 Å². The molecule has 1 aromatic rings. The minimum absolute atomic E-state index is 0.00137. The van der Waals surface area contributed by atoms with Crippen LogP contribution in [0, 0.1) is 24.0 Å². The molecule has 0 aliphatic heterocycles. The minimum Gasteiger partial charge on any atom is -0.393 e. The van der Waals surface area contributed by atoms with Crippen molar-refractivity contribution in [3.8, 4) is 0 Å². The molecule has 1 aromatic heterocycles. The molecule has 8 nitrogen and oxygen atoms in total. The van der Waals surface area contributed by atoms with E-state index in [1.54, 1.807) is 13.8 Å². The Labute approximate surface area is 123 Å². The smallest absolute Gasteiger partial charge is 0.312 e. The third-order valence-electron chi connectivity index (χ3n) is 3.35. The first-order valence-electron chi connectivity index (χ1n) is 7.00. The molecule has 21 heavy (non-hydrogen) atoms. The van der Waals surface area contributed by atoms with Crippen LogP contribution >= 0.6 is 0 Å². The number of hydrogen-bond acceptors (Lipinski definition) is 5. The maximum atomic E-state index is 11.7. The molecule has 0 radical (unpaired) electrons. The highest BCUT2D eigenvalue weighted by molar-refractivity contribution is 5.75. The van der Waals surface area contributed by atoms with Crippen LogP contribution in [0.3, 0.4) is 0 Å². The Morgan fingerprint density at radius 3 is 2.71 bits per heavy atom. The molecule has 0 aliphatic rings. The van der Waals surface area contributed by atoms with E-state index in [2.05, 4.69) is 10.4 Å². The SMILES string of the molecule is CCC(O)CCNC(=O)CCn1nc(C)c([N+](=O)[O-])c1C. The third-order valence-corrected chi connectivity index (χ3v) is 3.35. The molecule has 1 heterocycles. The van der Waals surface area contributed by atoms with Crippen LogP contribution in [0.15, 0.2) is 0 Å². The van der Waals surface area contributed by atoms with Crippen LogP contribution in [-0.2, 0) is 11.3 Å². The molecular formula is C13H22N4O4. The predicted molar refractivity (Wildman–Crippen MR) is 76.9 cm³/mol. The Morgan fingerprint density at radius 2 is 2.19 bits per heavy atom. The normalized spacial score (nSPS) is 12.2. The lowest BCUT2D eigenvalue weighted by Gasteiger charge is -2.09. The van der Waals surface area contributed by atoms with Gasteiger partial charge in [0.15, 0.2) is 0 Å². The van der Waals surface area contributed by atoms with Gasteiger partial charge in [0, 0.05) is 13.0 Å². The Kier molecular flexibility index (Phi) is 6.29. The number of carbonyl (C=O) groups excluding carboxylic acids is 1. The summed E-state index contributed by atoms with van der Waals surface area (Å²) in [6.07, 6.45) is 0.976. The van der Waals surface area contributed by atoms with Crippen LogP contribution in [0.25, 0.3) is 0 Å². The maximum absolute atomic E-state index is 11.7. The predicted octanol–water partition coefficient (Wildman–Crippen LogP) is 1.08. The summed E-state index contributed by atoms with van der Waals surface area (Å²) in [5, 5.41) is 27.0. The van der Waals surface area contributed by atoms with E-state index >= 15 is 0 Å². The molecule has 0 saturated carbocycles. The number of aliphatic hydroxyl groups excluding tert-OH is 1. The quantitative estimate of drug-likeness (QED) is 0.551. The van der Waals surface area contributed by atoms with Crippen molar-refractivity contribution in [2.75, 3.05) is 6.54 Å². The molecular weight excluding hydrogens is 276 g/mol. The van der Waals surface area contributed by atoms with Gasteiger partial charge in [0.2, 0.25) is 5.91 Å². The first-order valence-corrected chi connectivity index (χ1v) is 7.00. The zero-order chi connectivity index (χ0) is 16.0. The van der Waals surface area contributed by atoms with Gasteiger partial charge in [-0.25, -0.2) is 0 Å². The number of nitrogens with one attached hydrogen (secondary N) is 1. The van der Waals surface area contributed by atoms with Gasteiger partial charge in [-0.1, -0.05) is 6.92 Å². The first kappa shape index (κ1) is 17.1. The second-order valence-corrected chi connectivity index (χ2v) is 4.95. The average Bonchev–Trinajstić information content (AvgIpc) is 2.70. The van der Waals surface area contributed by atoms with E-state index in [9.17, 15) is 20.0 Å².